The van der Waals surface area contributed by atoms with Crippen LogP contribution in [0.5, 0.6) is 11.5 Å². The van der Waals surface area contributed by atoms with Crippen LogP contribution < -0.4 is 10.1 Å². The van der Waals surface area contributed by atoms with Crippen LogP contribution in [-0.4, -0.2) is 68.3 Å². The molecule has 4 aliphatic heterocycles. The molecule has 3 fully saturated rings. The largest absolute Gasteiger partial charge is 0.508 e. The molecule has 4 heterocycles. The van der Waals surface area contributed by atoms with Gasteiger partial charge in [0.15, 0.2) is 5.72 Å². The van der Waals surface area contributed by atoms with Gasteiger partial charge in [-0.3, -0.25) is 4.90 Å². The van der Waals surface area contributed by atoms with E-state index in [2.05, 4.69) is 23.7 Å². The Labute approximate surface area is 188 Å². The highest BCUT2D eigenvalue weighted by atomic mass is 16.6. The molecule has 32 heavy (non-hydrogen) atoms. The molecule has 0 aliphatic carbocycles. The predicted octanol–water partition coefficient (Wildman–Crippen LogP) is 2.61. The van der Waals surface area contributed by atoms with Gasteiger partial charge in [0.05, 0.1) is 44.7 Å². The molecule has 0 amide bonds. The SMILES string of the molecule is C=C(C(=O)OC)[C@H]1C[C@@H]2N(CC[C@@]34OCCO[C@@]23Nc2cc(O)cc(OC)c24)C[C@H]1CC. The molecule has 0 unspecified atom stereocenters. The summed E-state index contributed by atoms with van der Waals surface area (Å²) in [6, 6.07) is 3.29. The second kappa shape index (κ2) is 7.64. The maximum absolute atomic E-state index is 12.4. The lowest BCUT2D eigenvalue weighted by molar-refractivity contribution is -0.297. The van der Waals surface area contributed by atoms with Gasteiger partial charge in [-0.05, 0) is 24.7 Å². The van der Waals surface area contributed by atoms with Gasteiger partial charge in [0, 0.05) is 30.8 Å². The Hall–Kier alpha value is -2.29. The van der Waals surface area contributed by atoms with E-state index in [9.17, 15) is 9.90 Å². The molecule has 8 heteroatoms. The second-order valence-electron chi connectivity index (χ2n) is 9.24. The number of methoxy groups -OCH3 is 2. The van der Waals surface area contributed by atoms with Crippen molar-refractivity contribution < 1.29 is 28.8 Å². The number of phenolic OH excluding ortho intramolecular Hbond substituents is 1. The van der Waals surface area contributed by atoms with Gasteiger partial charge in [0.2, 0.25) is 0 Å². The number of hydrogen-bond donors (Lipinski definition) is 2. The van der Waals surface area contributed by atoms with Crippen LogP contribution >= 0.6 is 0 Å². The molecule has 1 aromatic rings. The molecule has 3 saturated heterocycles. The number of aromatic hydroxyl groups is 1. The van der Waals surface area contributed by atoms with Crippen LogP contribution in [0.4, 0.5) is 5.69 Å². The lowest BCUT2D eigenvalue weighted by Gasteiger charge is -2.61. The van der Waals surface area contributed by atoms with Crippen LogP contribution in [0.2, 0.25) is 0 Å². The lowest BCUT2D eigenvalue weighted by Crippen LogP contribution is -2.75. The first-order chi connectivity index (χ1) is 15.4. The van der Waals surface area contributed by atoms with Crippen LogP contribution in [0.25, 0.3) is 0 Å². The van der Waals surface area contributed by atoms with Crippen molar-refractivity contribution in [3.05, 3.63) is 29.8 Å². The predicted molar refractivity (Wildman–Crippen MR) is 118 cm³/mol. The van der Waals surface area contributed by atoms with Crippen LogP contribution in [-0.2, 0) is 24.6 Å². The smallest absolute Gasteiger partial charge is 0.333 e. The average molecular weight is 445 g/mol. The minimum absolute atomic E-state index is 0.00906. The third kappa shape index (κ3) is 2.75. The number of carbonyl (C=O) groups excluding carboxylic acids is 1. The van der Waals surface area contributed by atoms with Crippen LogP contribution in [0.1, 0.15) is 31.7 Å². The van der Waals surface area contributed by atoms with E-state index in [4.69, 9.17) is 18.9 Å². The Bertz CT molecular complexity index is 951. The zero-order valence-electron chi connectivity index (χ0n) is 19.0. The van der Waals surface area contributed by atoms with E-state index in [0.29, 0.717) is 36.9 Å². The van der Waals surface area contributed by atoms with Gasteiger partial charge in [-0.15, -0.1) is 0 Å². The van der Waals surface area contributed by atoms with Crippen LogP contribution in [0, 0.1) is 11.8 Å². The minimum Gasteiger partial charge on any atom is -0.508 e. The Morgan fingerprint density at radius 2 is 2.12 bits per heavy atom. The maximum atomic E-state index is 12.4. The number of rotatable bonds is 4. The van der Waals surface area contributed by atoms with E-state index in [0.717, 1.165) is 37.2 Å². The van der Waals surface area contributed by atoms with E-state index in [1.807, 2.05) is 0 Å². The van der Waals surface area contributed by atoms with E-state index >= 15 is 0 Å². The summed E-state index contributed by atoms with van der Waals surface area (Å²) >= 11 is 0. The quantitative estimate of drug-likeness (QED) is 0.541. The van der Waals surface area contributed by atoms with E-state index in [1.54, 1.807) is 19.2 Å². The summed E-state index contributed by atoms with van der Waals surface area (Å²) in [5.41, 5.74) is 0.607. The standard InChI is InChI=1S/C24H32N2O6/c1-5-15-13-26-7-6-23-21-18(10-16(27)11-19(21)29-3)25-24(23,32-9-8-31-23)20(26)12-17(15)14(2)22(28)30-4/h10-11,15,17,20,25,27H,2,5-9,12-13H2,1,3-4H3/t15-,17-,20+,23+,24+/m1/s1. The summed E-state index contributed by atoms with van der Waals surface area (Å²) in [6.07, 6.45) is 2.39. The van der Waals surface area contributed by atoms with Gasteiger partial charge in [-0.1, -0.05) is 19.9 Å². The summed E-state index contributed by atoms with van der Waals surface area (Å²) in [5, 5.41) is 13.9. The molecule has 2 N–H and O–H groups in total. The van der Waals surface area contributed by atoms with E-state index in [1.165, 1.54) is 7.11 Å². The molecule has 174 valence electrons. The molecule has 1 aromatic carbocycles. The number of nitrogens with zero attached hydrogens (tertiary/aromatic N) is 1. The van der Waals surface area contributed by atoms with Gasteiger partial charge >= 0.3 is 5.97 Å². The van der Waals surface area contributed by atoms with Crippen molar-refractivity contribution in [3.63, 3.8) is 0 Å². The third-order valence-electron chi connectivity index (χ3n) is 7.99. The topological polar surface area (TPSA) is 89.5 Å². The highest BCUT2D eigenvalue weighted by Gasteiger charge is 2.70. The first-order valence-corrected chi connectivity index (χ1v) is 11.4. The number of ether oxygens (including phenoxy) is 4. The van der Waals surface area contributed by atoms with E-state index < -0.39 is 11.3 Å². The van der Waals surface area contributed by atoms with Crippen molar-refractivity contribution in [1.82, 2.24) is 4.90 Å². The fourth-order valence-corrected chi connectivity index (χ4v) is 6.58. The molecule has 4 aliphatic rings. The normalized spacial score (nSPS) is 35.5. The van der Waals surface area contributed by atoms with Gasteiger partial charge < -0.3 is 29.4 Å². The van der Waals surface area contributed by atoms with Gasteiger partial charge in [-0.2, -0.15) is 0 Å². The molecule has 0 aromatic heterocycles. The maximum Gasteiger partial charge on any atom is 0.333 e. The molecule has 8 nitrogen and oxygen atoms in total. The monoisotopic (exact) mass is 444 g/mol. The zero-order valence-corrected chi connectivity index (χ0v) is 19.0. The highest BCUT2D eigenvalue weighted by molar-refractivity contribution is 5.88. The summed E-state index contributed by atoms with van der Waals surface area (Å²) in [5.74, 6) is 0.668. The molecule has 5 atom stereocenters. The van der Waals surface area contributed by atoms with Gasteiger partial charge in [-0.25, -0.2) is 4.79 Å². The van der Waals surface area contributed by atoms with Crippen LogP contribution in [0.15, 0.2) is 24.3 Å². The van der Waals surface area contributed by atoms with Crippen molar-refractivity contribution in [2.24, 2.45) is 11.8 Å². The Morgan fingerprint density at radius 1 is 1.34 bits per heavy atom. The van der Waals surface area contributed by atoms with Crippen molar-refractivity contribution in [1.29, 1.82) is 0 Å². The van der Waals surface area contributed by atoms with Gasteiger partial charge in [0.25, 0.3) is 0 Å². The number of carbonyl (C=O) groups is 1. The van der Waals surface area contributed by atoms with Gasteiger partial charge in [0.1, 0.15) is 17.1 Å². The van der Waals surface area contributed by atoms with E-state index in [-0.39, 0.29) is 23.7 Å². The summed E-state index contributed by atoms with van der Waals surface area (Å²) in [7, 11) is 3.01. The number of phenols is 1. The molecule has 0 radical (unpaired) electrons. The van der Waals surface area contributed by atoms with Crippen LogP contribution in [0.3, 0.4) is 0 Å². The van der Waals surface area contributed by atoms with Crippen molar-refractivity contribution >= 4 is 11.7 Å². The summed E-state index contributed by atoms with van der Waals surface area (Å²) < 4.78 is 23.9. The number of piperidine rings is 2. The molecular weight excluding hydrogens is 412 g/mol. The summed E-state index contributed by atoms with van der Waals surface area (Å²) in [4.78, 5) is 14.9. The lowest BCUT2D eigenvalue weighted by atomic mass is 9.67. The first kappa shape index (κ1) is 21.6. The number of esters is 1. The number of fused-ring (bicyclic) bond motifs is 2. The Kier molecular flexibility index (Phi) is 5.15. The van der Waals surface area contributed by atoms with Crippen molar-refractivity contribution in [2.45, 2.75) is 43.6 Å². The van der Waals surface area contributed by atoms with Crippen molar-refractivity contribution in [2.75, 3.05) is 45.8 Å². The highest BCUT2D eigenvalue weighted by Crippen LogP contribution is 2.62. The first-order valence-electron chi connectivity index (χ1n) is 11.4. The number of nitrogens with one attached hydrogen (secondary N) is 1. The Balaban J connectivity index is 1.60. The average Bonchev–Trinajstić information content (AvgIpc) is 3.12. The van der Waals surface area contributed by atoms with Crippen molar-refractivity contribution in [3.8, 4) is 11.5 Å². The molecule has 5 rings (SSSR count). The number of benzene rings is 1. The minimum atomic E-state index is -0.847. The molecular formula is C24H32N2O6. The molecule has 0 spiro atoms. The zero-order chi connectivity index (χ0) is 22.7. The second-order valence-corrected chi connectivity index (χ2v) is 9.24. The fourth-order valence-electron chi connectivity index (χ4n) is 6.58. The third-order valence-corrected chi connectivity index (χ3v) is 7.99. The molecule has 0 bridgehead atoms. The number of hydrogen-bond acceptors (Lipinski definition) is 8. The Morgan fingerprint density at radius 3 is 2.84 bits per heavy atom. The number of anilines is 1. The fraction of sp³-hybridized carbons (Fsp3) is 0.625. The summed E-state index contributed by atoms with van der Waals surface area (Å²) in [6.45, 7) is 8.90. The molecule has 0 saturated carbocycles.